The summed E-state index contributed by atoms with van der Waals surface area (Å²) in [4.78, 5) is 12.3. The summed E-state index contributed by atoms with van der Waals surface area (Å²) in [7, 11) is 1.79. The second kappa shape index (κ2) is 8.06. The third kappa shape index (κ3) is 4.45. The summed E-state index contributed by atoms with van der Waals surface area (Å²) in [6.45, 7) is 1.66. The average molecular weight is 409 g/mol. The van der Waals surface area contributed by atoms with Crippen LogP contribution in [0.1, 0.15) is 6.92 Å². The molecule has 1 amide bonds. The Morgan fingerprint density at radius 1 is 1.19 bits per heavy atom. The lowest BCUT2D eigenvalue weighted by atomic mass is 10.2. The quantitative estimate of drug-likeness (QED) is 0.630. The zero-order valence-electron chi connectivity index (χ0n) is 14.4. The van der Waals surface area contributed by atoms with Crippen LogP contribution in [0.4, 0.5) is 14.5 Å². The zero-order valence-corrected chi connectivity index (χ0v) is 16.0. The smallest absolute Gasteiger partial charge is 0.237 e. The van der Waals surface area contributed by atoms with E-state index in [0.717, 1.165) is 11.6 Å². The zero-order chi connectivity index (χ0) is 19.6. The van der Waals surface area contributed by atoms with E-state index < -0.39 is 22.8 Å². The van der Waals surface area contributed by atoms with E-state index in [9.17, 15) is 13.6 Å². The number of carbonyl (C=O) groups is 1. The fraction of sp³-hybridized carbons (Fsp3) is 0.167. The Morgan fingerprint density at radius 2 is 1.89 bits per heavy atom. The number of nitrogens with zero attached hydrogens (tertiary/aromatic N) is 3. The molecule has 0 radical (unpaired) electrons. The van der Waals surface area contributed by atoms with Crippen molar-refractivity contribution in [1.82, 2.24) is 14.8 Å². The summed E-state index contributed by atoms with van der Waals surface area (Å²) in [5, 5.41) is 11.3. The fourth-order valence-electron chi connectivity index (χ4n) is 2.30. The minimum absolute atomic E-state index is 0.0753. The second-order valence-corrected chi connectivity index (χ2v) is 7.49. The summed E-state index contributed by atoms with van der Waals surface area (Å²) < 4.78 is 28.4. The van der Waals surface area contributed by atoms with Gasteiger partial charge in [-0.15, -0.1) is 10.2 Å². The number of thioether (sulfide) groups is 1. The average Bonchev–Trinajstić information content (AvgIpc) is 2.98. The molecular weight excluding hydrogens is 394 g/mol. The number of amides is 1. The van der Waals surface area contributed by atoms with Crippen LogP contribution in [0.2, 0.25) is 5.02 Å². The molecule has 0 aliphatic heterocycles. The van der Waals surface area contributed by atoms with Crippen LogP contribution in [-0.2, 0) is 11.8 Å². The van der Waals surface area contributed by atoms with Gasteiger partial charge >= 0.3 is 0 Å². The summed E-state index contributed by atoms with van der Waals surface area (Å²) in [5.41, 5.74) is 0.764. The molecule has 140 valence electrons. The first kappa shape index (κ1) is 19.3. The van der Waals surface area contributed by atoms with E-state index in [1.165, 1.54) is 17.8 Å². The Labute approximate surface area is 163 Å². The number of benzene rings is 2. The Hall–Kier alpha value is -2.45. The first-order valence-electron chi connectivity index (χ1n) is 7.93. The van der Waals surface area contributed by atoms with E-state index in [1.807, 2.05) is 12.1 Å². The van der Waals surface area contributed by atoms with E-state index in [2.05, 4.69) is 15.5 Å². The van der Waals surface area contributed by atoms with Crippen LogP contribution in [0.3, 0.4) is 0 Å². The van der Waals surface area contributed by atoms with Crippen molar-refractivity contribution in [2.75, 3.05) is 5.32 Å². The molecule has 5 nitrogen and oxygen atoms in total. The number of nitrogens with one attached hydrogen (secondary N) is 1. The van der Waals surface area contributed by atoms with Crippen LogP contribution in [0.25, 0.3) is 11.4 Å². The topological polar surface area (TPSA) is 59.8 Å². The number of anilines is 1. The monoisotopic (exact) mass is 408 g/mol. The molecule has 0 spiro atoms. The van der Waals surface area contributed by atoms with Crippen LogP contribution in [-0.4, -0.2) is 25.9 Å². The van der Waals surface area contributed by atoms with Gasteiger partial charge in [0.25, 0.3) is 0 Å². The summed E-state index contributed by atoms with van der Waals surface area (Å²) in [5.74, 6) is -1.33. The summed E-state index contributed by atoms with van der Waals surface area (Å²) >= 11 is 7.08. The molecule has 2 aromatic carbocycles. The number of hydrogen-bond acceptors (Lipinski definition) is 4. The molecule has 1 N–H and O–H groups in total. The largest absolute Gasteiger partial charge is 0.323 e. The van der Waals surface area contributed by atoms with Gasteiger partial charge in [0.1, 0.15) is 11.6 Å². The van der Waals surface area contributed by atoms with Gasteiger partial charge in [-0.1, -0.05) is 23.4 Å². The molecule has 1 atom stereocenters. The minimum atomic E-state index is -0.829. The molecule has 0 unspecified atom stereocenters. The lowest BCUT2D eigenvalue weighted by Crippen LogP contribution is -2.23. The molecule has 0 saturated carbocycles. The van der Waals surface area contributed by atoms with Gasteiger partial charge in [0.15, 0.2) is 11.0 Å². The molecule has 0 aliphatic carbocycles. The van der Waals surface area contributed by atoms with Crippen LogP contribution < -0.4 is 5.32 Å². The van der Waals surface area contributed by atoms with Crippen LogP contribution >= 0.6 is 23.4 Å². The Kier molecular flexibility index (Phi) is 5.76. The van der Waals surface area contributed by atoms with Gasteiger partial charge in [-0.05, 0) is 43.3 Å². The van der Waals surface area contributed by atoms with Crippen LogP contribution in [0.15, 0.2) is 47.6 Å². The maximum atomic E-state index is 13.7. The van der Waals surface area contributed by atoms with Crippen molar-refractivity contribution in [2.45, 2.75) is 17.3 Å². The maximum Gasteiger partial charge on any atom is 0.237 e. The highest BCUT2D eigenvalue weighted by atomic mass is 35.5. The van der Waals surface area contributed by atoms with Crippen molar-refractivity contribution in [2.24, 2.45) is 7.05 Å². The number of halogens is 3. The first-order chi connectivity index (χ1) is 12.8. The lowest BCUT2D eigenvalue weighted by Gasteiger charge is -2.12. The van der Waals surface area contributed by atoms with Crippen LogP contribution in [0.5, 0.6) is 0 Å². The van der Waals surface area contributed by atoms with Crippen molar-refractivity contribution in [1.29, 1.82) is 0 Å². The lowest BCUT2D eigenvalue weighted by molar-refractivity contribution is -0.115. The van der Waals surface area contributed by atoms with Crippen molar-refractivity contribution >= 4 is 35.0 Å². The predicted molar refractivity (Wildman–Crippen MR) is 102 cm³/mol. The predicted octanol–water partition coefficient (Wildman–Crippen LogP) is 4.53. The van der Waals surface area contributed by atoms with E-state index >= 15 is 0 Å². The van der Waals surface area contributed by atoms with Gasteiger partial charge in [0.05, 0.1) is 10.9 Å². The van der Waals surface area contributed by atoms with Gasteiger partial charge in [0, 0.05) is 23.7 Å². The van der Waals surface area contributed by atoms with Gasteiger partial charge in [-0.25, -0.2) is 8.78 Å². The molecule has 27 heavy (non-hydrogen) atoms. The molecule has 3 rings (SSSR count). The van der Waals surface area contributed by atoms with Crippen molar-refractivity contribution in [3.63, 3.8) is 0 Å². The Balaban J connectivity index is 1.71. The first-order valence-corrected chi connectivity index (χ1v) is 9.19. The molecule has 0 saturated heterocycles. The highest BCUT2D eigenvalue weighted by molar-refractivity contribution is 8.00. The van der Waals surface area contributed by atoms with E-state index in [0.29, 0.717) is 22.1 Å². The van der Waals surface area contributed by atoms with Crippen molar-refractivity contribution in [3.8, 4) is 11.4 Å². The Morgan fingerprint density at radius 3 is 2.56 bits per heavy atom. The number of carbonyl (C=O) groups excluding carboxylic acids is 1. The van der Waals surface area contributed by atoms with Crippen molar-refractivity contribution in [3.05, 3.63) is 59.1 Å². The number of aromatic nitrogens is 3. The summed E-state index contributed by atoms with van der Waals surface area (Å²) in [6.07, 6.45) is 0. The van der Waals surface area contributed by atoms with Crippen LogP contribution in [0, 0.1) is 11.6 Å². The third-order valence-corrected chi connectivity index (χ3v) is 5.16. The van der Waals surface area contributed by atoms with Crippen molar-refractivity contribution < 1.29 is 13.6 Å². The molecule has 0 fully saturated rings. The van der Waals surface area contributed by atoms with Gasteiger partial charge in [-0.3, -0.25) is 4.79 Å². The second-order valence-electron chi connectivity index (χ2n) is 5.75. The molecule has 9 heteroatoms. The molecule has 3 aromatic rings. The van der Waals surface area contributed by atoms with E-state index in [1.54, 1.807) is 30.7 Å². The third-order valence-electron chi connectivity index (χ3n) is 3.78. The highest BCUT2D eigenvalue weighted by Crippen LogP contribution is 2.27. The normalized spacial score (nSPS) is 12.0. The van der Waals surface area contributed by atoms with Gasteiger partial charge in [-0.2, -0.15) is 0 Å². The highest BCUT2D eigenvalue weighted by Gasteiger charge is 2.20. The molecule has 0 bridgehead atoms. The number of rotatable bonds is 5. The SMILES string of the molecule is C[C@@H](Sc1nnc(-c2ccc(Cl)cc2)n1C)C(=O)Nc1ccc(F)cc1F. The standard InChI is InChI=1S/C18H15ClF2N4OS/c1-10(17(26)22-15-8-7-13(20)9-14(15)21)27-18-24-23-16(25(18)2)11-3-5-12(19)6-4-11/h3-10H,1-2H3,(H,22,26)/t10-/m1/s1. The summed E-state index contributed by atoms with van der Waals surface area (Å²) in [6, 6.07) is 10.1. The van der Waals surface area contributed by atoms with Gasteiger partial charge in [0.2, 0.25) is 5.91 Å². The van der Waals surface area contributed by atoms with E-state index in [4.69, 9.17) is 11.6 Å². The minimum Gasteiger partial charge on any atom is -0.323 e. The fourth-order valence-corrected chi connectivity index (χ4v) is 3.25. The number of hydrogen-bond donors (Lipinski definition) is 1. The van der Waals surface area contributed by atoms with E-state index in [-0.39, 0.29) is 5.69 Å². The molecule has 0 aliphatic rings. The maximum absolute atomic E-state index is 13.7. The molecule has 1 heterocycles. The van der Waals surface area contributed by atoms with Gasteiger partial charge < -0.3 is 9.88 Å². The molecular formula is C18H15ClF2N4OS. The molecule has 1 aromatic heterocycles. The Bertz CT molecular complexity index is 978.